The average Bonchev–Trinajstić information content (AvgIpc) is 3.17. The largest absolute Gasteiger partial charge is 0.321 e. The Kier molecular flexibility index (Phi) is 5.26. The summed E-state index contributed by atoms with van der Waals surface area (Å²) in [5.74, 6) is 0.124. The van der Waals surface area contributed by atoms with E-state index in [1.54, 1.807) is 35.3 Å². The molecule has 1 aromatic carbocycles. The highest BCUT2D eigenvalue weighted by atomic mass is 35.5. The molecule has 140 valence electrons. The molecule has 3 rings (SSSR count). The molecule has 0 spiro atoms. The van der Waals surface area contributed by atoms with Gasteiger partial charge in [0.05, 0.1) is 16.9 Å². The quantitative estimate of drug-likeness (QED) is 0.703. The van der Waals surface area contributed by atoms with Gasteiger partial charge in [-0.25, -0.2) is 22.4 Å². The van der Waals surface area contributed by atoms with Gasteiger partial charge in [-0.3, -0.25) is 4.79 Å². The molecule has 0 bridgehead atoms. The molecule has 0 aliphatic carbocycles. The first-order valence-electron chi connectivity index (χ1n) is 7.78. The van der Waals surface area contributed by atoms with Gasteiger partial charge in [0.25, 0.3) is 5.91 Å². The highest BCUT2D eigenvalue weighted by Gasteiger charge is 2.22. The molecular weight excluding hydrogens is 390 g/mol. The number of aromatic nitrogens is 3. The molecule has 27 heavy (non-hydrogen) atoms. The minimum atomic E-state index is -3.77. The summed E-state index contributed by atoms with van der Waals surface area (Å²) in [4.78, 5) is 16.6. The topological polar surface area (TPSA) is 97.2 Å². The van der Waals surface area contributed by atoms with Gasteiger partial charge in [-0.2, -0.15) is 5.10 Å². The van der Waals surface area contributed by atoms with Gasteiger partial charge in [-0.05, 0) is 36.4 Å². The maximum Gasteiger partial charge on any atom is 0.255 e. The summed E-state index contributed by atoms with van der Waals surface area (Å²) in [5.41, 5.74) is 0.624. The smallest absolute Gasteiger partial charge is 0.255 e. The molecular formula is C17H16ClN5O3S. The highest BCUT2D eigenvalue weighted by Crippen LogP contribution is 2.25. The molecule has 10 heteroatoms. The Bertz CT molecular complexity index is 1060. The van der Waals surface area contributed by atoms with Crippen LogP contribution in [0.25, 0.3) is 5.82 Å². The molecule has 0 unspecified atom stereocenters. The SMILES string of the molecule is CN(C)S(=O)(=O)c1cc(C(=O)Nc2ccc(-n3cccn3)nc2)ccc1Cl. The molecule has 0 aliphatic heterocycles. The van der Waals surface area contributed by atoms with Crippen molar-refractivity contribution in [3.05, 3.63) is 65.6 Å². The van der Waals surface area contributed by atoms with E-state index in [1.165, 1.54) is 38.5 Å². The molecule has 0 saturated heterocycles. The van der Waals surface area contributed by atoms with Crippen LogP contribution in [0.2, 0.25) is 5.02 Å². The number of nitrogens with one attached hydrogen (secondary N) is 1. The van der Waals surface area contributed by atoms with Gasteiger partial charge < -0.3 is 5.32 Å². The van der Waals surface area contributed by atoms with Crippen LogP contribution < -0.4 is 5.32 Å². The van der Waals surface area contributed by atoms with E-state index in [2.05, 4.69) is 15.4 Å². The van der Waals surface area contributed by atoms with Crippen molar-refractivity contribution in [2.24, 2.45) is 0 Å². The number of rotatable bonds is 5. The molecule has 3 aromatic rings. The number of benzene rings is 1. The van der Waals surface area contributed by atoms with Crippen LogP contribution in [0.5, 0.6) is 0 Å². The van der Waals surface area contributed by atoms with Crippen LogP contribution in [0.15, 0.2) is 59.9 Å². The van der Waals surface area contributed by atoms with Gasteiger partial charge in [0.2, 0.25) is 10.0 Å². The fourth-order valence-electron chi connectivity index (χ4n) is 2.24. The van der Waals surface area contributed by atoms with Gasteiger partial charge in [-0.15, -0.1) is 0 Å². The monoisotopic (exact) mass is 405 g/mol. The van der Waals surface area contributed by atoms with Gasteiger partial charge >= 0.3 is 0 Å². The molecule has 0 atom stereocenters. The van der Waals surface area contributed by atoms with Crippen molar-refractivity contribution in [1.82, 2.24) is 19.1 Å². The minimum Gasteiger partial charge on any atom is -0.321 e. The van der Waals surface area contributed by atoms with E-state index in [0.717, 1.165) is 4.31 Å². The summed E-state index contributed by atoms with van der Waals surface area (Å²) < 4.78 is 27.3. The Morgan fingerprint density at radius 1 is 1.22 bits per heavy atom. The molecule has 0 aliphatic rings. The normalized spacial score (nSPS) is 11.6. The lowest BCUT2D eigenvalue weighted by molar-refractivity contribution is 0.102. The van der Waals surface area contributed by atoms with E-state index >= 15 is 0 Å². The lowest BCUT2D eigenvalue weighted by Gasteiger charge is -2.14. The van der Waals surface area contributed by atoms with E-state index in [1.807, 2.05) is 0 Å². The zero-order valence-corrected chi connectivity index (χ0v) is 16.1. The zero-order valence-electron chi connectivity index (χ0n) is 14.5. The first kappa shape index (κ1) is 19.0. The first-order valence-corrected chi connectivity index (χ1v) is 9.60. The van der Waals surface area contributed by atoms with Crippen molar-refractivity contribution in [1.29, 1.82) is 0 Å². The van der Waals surface area contributed by atoms with Gasteiger partial charge in [0, 0.05) is 32.1 Å². The van der Waals surface area contributed by atoms with Crippen LogP contribution in [0.1, 0.15) is 10.4 Å². The molecule has 2 heterocycles. The summed E-state index contributed by atoms with van der Waals surface area (Å²) in [6.45, 7) is 0. The third-order valence-electron chi connectivity index (χ3n) is 3.70. The van der Waals surface area contributed by atoms with E-state index < -0.39 is 15.9 Å². The highest BCUT2D eigenvalue weighted by molar-refractivity contribution is 7.89. The Morgan fingerprint density at radius 2 is 2.00 bits per heavy atom. The van der Waals surface area contributed by atoms with Crippen molar-refractivity contribution < 1.29 is 13.2 Å². The predicted octanol–water partition coefficient (Wildman–Crippen LogP) is 2.42. The third-order valence-corrected chi connectivity index (χ3v) is 5.99. The number of pyridine rings is 1. The Morgan fingerprint density at radius 3 is 2.59 bits per heavy atom. The molecule has 1 N–H and O–H groups in total. The summed E-state index contributed by atoms with van der Waals surface area (Å²) in [6, 6.07) is 9.24. The standard InChI is InChI=1S/C17H16ClN5O3S/c1-22(2)27(25,26)15-10-12(4-6-14(15)18)17(24)21-13-5-7-16(19-11-13)23-9-3-8-20-23/h3-11H,1-2H3,(H,21,24). The Balaban J connectivity index is 1.82. The molecule has 0 saturated carbocycles. The van der Waals surface area contributed by atoms with Crippen LogP contribution in [-0.4, -0.2) is 47.5 Å². The van der Waals surface area contributed by atoms with Gasteiger partial charge in [-0.1, -0.05) is 11.6 Å². The van der Waals surface area contributed by atoms with Crippen molar-refractivity contribution in [2.75, 3.05) is 19.4 Å². The van der Waals surface area contributed by atoms with Crippen LogP contribution in [0, 0.1) is 0 Å². The molecule has 0 fully saturated rings. The van der Waals surface area contributed by atoms with Crippen molar-refractivity contribution in [3.8, 4) is 5.82 Å². The van der Waals surface area contributed by atoms with Crippen LogP contribution in [-0.2, 0) is 10.0 Å². The number of nitrogens with zero attached hydrogens (tertiary/aromatic N) is 4. The molecule has 2 aromatic heterocycles. The van der Waals surface area contributed by atoms with E-state index in [9.17, 15) is 13.2 Å². The Hall–Kier alpha value is -2.75. The number of amides is 1. The summed E-state index contributed by atoms with van der Waals surface area (Å²) in [5, 5.41) is 6.80. The summed E-state index contributed by atoms with van der Waals surface area (Å²) in [6.07, 6.45) is 4.88. The number of carbonyl (C=O) groups is 1. The van der Waals surface area contributed by atoms with Crippen LogP contribution >= 0.6 is 11.6 Å². The summed E-state index contributed by atoms with van der Waals surface area (Å²) >= 11 is 6.00. The van der Waals surface area contributed by atoms with E-state index in [-0.39, 0.29) is 15.5 Å². The maximum absolute atomic E-state index is 12.5. The maximum atomic E-state index is 12.5. The fraction of sp³-hybridized carbons (Fsp3) is 0.118. The molecule has 8 nitrogen and oxygen atoms in total. The lowest BCUT2D eigenvalue weighted by Crippen LogP contribution is -2.23. The fourth-order valence-corrected chi connectivity index (χ4v) is 3.64. The van der Waals surface area contributed by atoms with Crippen molar-refractivity contribution >= 4 is 33.2 Å². The second-order valence-electron chi connectivity index (χ2n) is 5.74. The van der Waals surface area contributed by atoms with E-state index in [0.29, 0.717) is 11.5 Å². The summed E-state index contributed by atoms with van der Waals surface area (Å²) in [7, 11) is -0.980. The number of halogens is 1. The predicted molar refractivity (Wildman–Crippen MR) is 102 cm³/mol. The van der Waals surface area contributed by atoms with Gasteiger partial charge in [0.1, 0.15) is 4.90 Å². The zero-order chi connectivity index (χ0) is 19.6. The number of hydrogen-bond donors (Lipinski definition) is 1. The third kappa shape index (κ3) is 4.00. The molecule has 0 radical (unpaired) electrons. The minimum absolute atomic E-state index is 0.0468. The van der Waals surface area contributed by atoms with Gasteiger partial charge in [0.15, 0.2) is 5.82 Å². The first-order chi connectivity index (χ1) is 12.8. The van der Waals surface area contributed by atoms with Crippen molar-refractivity contribution in [2.45, 2.75) is 4.90 Å². The Labute approximate surface area is 161 Å². The number of anilines is 1. The van der Waals surface area contributed by atoms with Crippen LogP contribution in [0.4, 0.5) is 5.69 Å². The lowest BCUT2D eigenvalue weighted by atomic mass is 10.2. The number of sulfonamides is 1. The second-order valence-corrected chi connectivity index (χ2v) is 8.27. The number of carbonyl (C=O) groups excluding carboxylic acids is 1. The van der Waals surface area contributed by atoms with Crippen LogP contribution in [0.3, 0.4) is 0 Å². The van der Waals surface area contributed by atoms with Crippen molar-refractivity contribution in [3.63, 3.8) is 0 Å². The number of hydrogen-bond acceptors (Lipinski definition) is 5. The van der Waals surface area contributed by atoms with E-state index in [4.69, 9.17) is 11.6 Å². The second kappa shape index (κ2) is 7.47. The average molecular weight is 406 g/mol. The molecule has 1 amide bonds.